The van der Waals surface area contributed by atoms with Gasteiger partial charge in [-0.05, 0) is 37.2 Å². The van der Waals surface area contributed by atoms with Crippen molar-refractivity contribution in [3.63, 3.8) is 0 Å². The van der Waals surface area contributed by atoms with Crippen molar-refractivity contribution < 1.29 is 22.7 Å². The third-order valence-corrected chi connectivity index (χ3v) is 7.26. The van der Waals surface area contributed by atoms with Crippen molar-refractivity contribution in [2.24, 2.45) is 0 Å². The highest BCUT2D eigenvalue weighted by molar-refractivity contribution is 6.35. The standard InChI is InChI=1S/C26H29ClF3N7O2/c27-19-3-4-20-18(2-5-22(35-20)37-8-1-6-31-7-9-37)23(19)24(38)32-16-21(36-10-12-39-13-11-36)17-14-33-25(34-15-17)26(28,29)30/h2-5,14-15,21,31H,1,6-13,16H2,(H,32,38). The van der Waals surface area contributed by atoms with Crippen molar-refractivity contribution in [3.8, 4) is 0 Å². The second-order valence-corrected chi connectivity index (χ2v) is 9.87. The number of alkyl halides is 3. The molecule has 4 heterocycles. The summed E-state index contributed by atoms with van der Waals surface area (Å²) >= 11 is 6.49. The molecule has 0 bridgehead atoms. The number of rotatable bonds is 6. The number of ether oxygens (including phenoxy) is 1. The summed E-state index contributed by atoms with van der Waals surface area (Å²) in [5.41, 5.74) is 1.42. The molecule has 13 heteroatoms. The van der Waals surface area contributed by atoms with E-state index in [-0.39, 0.29) is 11.6 Å². The summed E-state index contributed by atoms with van der Waals surface area (Å²) in [7, 11) is 0. The highest BCUT2D eigenvalue weighted by Crippen LogP contribution is 2.29. The van der Waals surface area contributed by atoms with E-state index < -0.39 is 23.9 Å². The summed E-state index contributed by atoms with van der Waals surface area (Å²) in [6, 6.07) is 6.76. The van der Waals surface area contributed by atoms with Gasteiger partial charge in [-0.1, -0.05) is 11.6 Å². The number of pyridine rings is 1. The number of anilines is 1. The Balaban J connectivity index is 1.37. The van der Waals surface area contributed by atoms with Crippen LogP contribution in [0.3, 0.4) is 0 Å². The average molecular weight is 564 g/mol. The topological polar surface area (TPSA) is 95.5 Å². The first-order valence-corrected chi connectivity index (χ1v) is 13.2. The molecule has 1 unspecified atom stereocenters. The molecule has 1 atom stereocenters. The molecule has 0 aliphatic carbocycles. The Morgan fingerprint density at radius 1 is 1.08 bits per heavy atom. The fraction of sp³-hybridized carbons (Fsp3) is 0.462. The summed E-state index contributed by atoms with van der Waals surface area (Å²) in [5, 5.41) is 7.21. The molecule has 2 N–H and O–H groups in total. The van der Waals surface area contributed by atoms with Gasteiger partial charge in [-0.3, -0.25) is 9.69 Å². The first-order chi connectivity index (χ1) is 18.8. The zero-order valence-corrected chi connectivity index (χ0v) is 21.9. The Kier molecular flexibility index (Phi) is 8.46. The third-order valence-electron chi connectivity index (χ3n) is 6.95. The van der Waals surface area contributed by atoms with Crippen LogP contribution in [0.5, 0.6) is 0 Å². The van der Waals surface area contributed by atoms with Crippen LogP contribution in [0.4, 0.5) is 19.0 Å². The number of aromatic nitrogens is 3. The molecule has 2 aromatic heterocycles. The molecule has 0 saturated carbocycles. The molecular formula is C26H29ClF3N7O2. The number of morpholine rings is 1. The maximum atomic E-state index is 13.5. The van der Waals surface area contributed by atoms with Crippen LogP contribution in [0.25, 0.3) is 10.9 Å². The maximum Gasteiger partial charge on any atom is 0.451 e. The third kappa shape index (κ3) is 6.40. The van der Waals surface area contributed by atoms with E-state index >= 15 is 0 Å². The minimum Gasteiger partial charge on any atom is -0.379 e. The van der Waals surface area contributed by atoms with Gasteiger partial charge in [0.05, 0.1) is 35.4 Å². The lowest BCUT2D eigenvalue weighted by Gasteiger charge is -2.34. The van der Waals surface area contributed by atoms with Crippen molar-refractivity contribution in [2.45, 2.75) is 18.6 Å². The predicted molar refractivity (Wildman–Crippen MR) is 141 cm³/mol. The van der Waals surface area contributed by atoms with E-state index in [1.165, 1.54) is 0 Å². The molecule has 1 amide bonds. The van der Waals surface area contributed by atoms with Crippen molar-refractivity contribution in [1.29, 1.82) is 0 Å². The van der Waals surface area contributed by atoms with E-state index in [1.807, 2.05) is 17.0 Å². The summed E-state index contributed by atoms with van der Waals surface area (Å²) < 4.78 is 44.4. The summed E-state index contributed by atoms with van der Waals surface area (Å²) in [4.78, 5) is 29.5. The number of fused-ring (bicyclic) bond motifs is 1. The second-order valence-electron chi connectivity index (χ2n) is 9.46. The fourth-order valence-corrected chi connectivity index (χ4v) is 5.18. The molecular weight excluding hydrogens is 535 g/mol. The number of nitrogens with zero attached hydrogens (tertiary/aromatic N) is 5. The van der Waals surface area contributed by atoms with E-state index in [4.69, 9.17) is 21.3 Å². The molecule has 2 aliphatic rings. The number of nitrogens with one attached hydrogen (secondary N) is 2. The van der Waals surface area contributed by atoms with E-state index in [0.717, 1.165) is 50.8 Å². The van der Waals surface area contributed by atoms with Gasteiger partial charge >= 0.3 is 6.18 Å². The van der Waals surface area contributed by atoms with Gasteiger partial charge in [0, 0.05) is 62.6 Å². The summed E-state index contributed by atoms with van der Waals surface area (Å²) in [6.45, 7) is 5.75. The number of carbonyl (C=O) groups is 1. The Hall–Kier alpha value is -3.06. The van der Waals surface area contributed by atoms with Gasteiger partial charge in [0.15, 0.2) is 0 Å². The van der Waals surface area contributed by atoms with Crippen molar-refractivity contribution in [3.05, 3.63) is 58.6 Å². The van der Waals surface area contributed by atoms with Crippen LogP contribution < -0.4 is 15.5 Å². The van der Waals surface area contributed by atoms with Gasteiger partial charge in [-0.15, -0.1) is 0 Å². The monoisotopic (exact) mass is 563 g/mol. The smallest absolute Gasteiger partial charge is 0.379 e. The quantitative estimate of drug-likeness (QED) is 0.472. The molecule has 0 radical (unpaired) electrons. The van der Waals surface area contributed by atoms with Gasteiger partial charge in [0.25, 0.3) is 5.91 Å². The highest BCUT2D eigenvalue weighted by atomic mass is 35.5. The van der Waals surface area contributed by atoms with Crippen molar-refractivity contribution >= 4 is 34.2 Å². The molecule has 39 heavy (non-hydrogen) atoms. The molecule has 5 rings (SSSR count). The van der Waals surface area contributed by atoms with Crippen LogP contribution in [0.2, 0.25) is 5.02 Å². The average Bonchev–Trinajstić information content (AvgIpc) is 3.23. The lowest BCUT2D eigenvalue weighted by atomic mass is 10.1. The molecule has 0 spiro atoms. The Labute approximate surface area is 228 Å². The number of hydrogen-bond donors (Lipinski definition) is 2. The Bertz CT molecular complexity index is 1300. The van der Waals surface area contributed by atoms with Crippen molar-refractivity contribution in [1.82, 2.24) is 30.5 Å². The molecule has 9 nitrogen and oxygen atoms in total. The highest BCUT2D eigenvalue weighted by Gasteiger charge is 2.35. The second kappa shape index (κ2) is 12.0. The molecule has 1 aromatic carbocycles. The molecule has 2 saturated heterocycles. The van der Waals surface area contributed by atoms with E-state index in [1.54, 1.807) is 12.1 Å². The van der Waals surface area contributed by atoms with Crippen LogP contribution in [0.15, 0.2) is 36.7 Å². The molecule has 208 valence electrons. The van der Waals surface area contributed by atoms with Gasteiger partial charge in [0.1, 0.15) is 5.82 Å². The van der Waals surface area contributed by atoms with Crippen LogP contribution >= 0.6 is 11.6 Å². The van der Waals surface area contributed by atoms with Gasteiger partial charge in [-0.2, -0.15) is 13.2 Å². The Morgan fingerprint density at radius 2 is 1.85 bits per heavy atom. The SMILES string of the molecule is O=C(NCC(c1cnc(C(F)(F)F)nc1)N1CCOCC1)c1c(Cl)ccc2nc(N3CCCNCC3)ccc12. The number of carbonyl (C=O) groups excluding carboxylic acids is 1. The number of amides is 1. The zero-order valence-electron chi connectivity index (χ0n) is 21.2. The van der Waals surface area contributed by atoms with Crippen LogP contribution in [-0.4, -0.2) is 84.8 Å². The Morgan fingerprint density at radius 3 is 2.59 bits per heavy atom. The van der Waals surface area contributed by atoms with E-state index in [9.17, 15) is 18.0 Å². The molecule has 2 fully saturated rings. The lowest BCUT2D eigenvalue weighted by Crippen LogP contribution is -2.44. The maximum absolute atomic E-state index is 13.5. The minimum absolute atomic E-state index is 0.118. The van der Waals surface area contributed by atoms with Crippen LogP contribution in [-0.2, 0) is 10.9 Å². The van der Waals surface area contributed by atoms with Crippen LogP contribution in [0.1, 0.15) is 34.2 Å². The predicted octanol–water partition coefficient (Wildman–Crippen LogP) is 3.30. The first kappa shape index (κ1) is 27.5. The first-order valence-electron chi connectivity index (χ1n) is 12.9. The minimum atomic E-state index is -4.63. The zero-order chi connectivity index (χ0) is 27.4. The van der Waals surface area contributed by atoms with E-state index in [2.05, 4.69) is 25.5 Å². The number of hydrogen-bond acceptors (Lipinski definition) is 8. The normalized spacial score (nSPS) is 18.1. The van der Waals surface area contributed by atoms with Gasteiger partial charge in [0.2, 0.25) is 5.82 Å². The van der Waals surface area contributed by atoms with Gasteiger partial charge in [-0.25, -0.2) is 15.0 Å². The number of benzene rings is 1. The summed E-state index contributed by atoms with van der Waals surface area (Å²) in [6.07, 6.45) is -1.29. The number of halogens is 4. The van der Waals surface area contributed by atoms with E-state index in [0.29, 0.717) is 48.3 Å². The summed E-state index contributed by atoms with van der Waals surface area (Å²) in [5.74, 6) is -0.762. The molecule has 3 aromatic rings. The van der Waals surface area contributed by atoms with Crippen molar-refractivity contribution in [2.75, 3.05) is 63.9 Å². The fourth-order valence-electron chi connectivity index (χ4n) is 4.93. The lowest BCUT2D eigenvalue weighted by molar-refractivity contribution is -0.145. The van der Waals surface area contributed by atoms with Gasteiger partial charge < -0.3 is 20.3 Å². The van der Waals surface area contributed by atoms with Crippen LogP contribution in [0, 0.1) is 0 Å². The molecule has 2 aliphatic heterocycles. The largest absolute Gasteiger partial charge is 0.451 e.